The second-order valence-corrected chi connectivity index (χ2v) is 10.3. The van der Waals surface area contributed by atoms with Gasteiger partial charge in [0.2, 0.25) is 5.95 Å². The number of benzene rings is 2. The second kappa shape index (κ2) is 11.6. The van der Waals surface area contributed by atoms with Gasteiger partial charge in [0.25, 0.3) is 12.4 Å². The number of nitrogens with one attached hydrogen (secondary N) is 1. The Labute approximate surface area is 237 Å². The number of rotatable bonds is 5. The number of nitriles is 1. The zero-order chi connectivity index (χ0) is 29.9. The minimum absolute atomic E-state index is 0.0663. The molecule has 0 bridgehead atoms. The number of carboxylic acid groups (broad SMARTS) is 1. The number of hydrogen-bond acceptors (Lipinski definition) is 8. The first-order chi connectivity index (χ1) is 19.5. The zero-order valence-corrected chi connectivity index (χ0v) is 23.4. The number of anilines is 3. The van der Waals surface area contributed by atoms with Crippen molar-refractivity contribution in [2.24, 2.45) is 4.99 Å². The Bertz CT molecular complexity index is 1620. The Hall–Kier alpha value is -5.11. The van der Waals surface area contributed by atoms with E-state index in [9.17, 15) is 10.1 Å². The smallest absolute Gasteiger partial charge is 0.290 e. The summed E-state index contributed by atoms with van der Waals surface area (Å²) in [4.78, 5) is 39.3. The monoisotopic (exact) mass is 555 g/mol. The fourth-order valence-electron chi connectivity index (χ4n) is 4.58. The lowest BCUT2D eigenvalue weighted by atomic mass is 9.85. The van der Waals surface area contributed by atoms with Crippen molar-refractivity contribution in [1.82, 2.24) is 9.97 Å². The summed E-state index contributed by atoms with van der Waals surface area (Å²) < 4.78 is 15.1. The Morgan fingerprint density at radius 3 is 2.68 bits per heavy atom. The van der Waals surface area contributed by atoms with Crippen LogP contribution >= 0.6 is 0 Å². The first-order valence-electron chi connectivity index (χ1n) is 12.8. The van der Waals surface area contributed by atoms with Gasteiger partial charge in [-0.25, -0.2) is 9.37 Å². The minimum atomic E-state index is -0.757. The van der Waals surface area contributed by atoms with E-state index in [-0.39, 0.29) is 12.2 Å². The highest BCUT2D eigenvalue weighted by Gasteiger charge is 2.31. The van der Waals surface area contributed by atoms with Crippen LogP contribution in [0, 0.1) is 24.1 Å². The quantitative estimate of drug-likeness (QED) is 0.439. The molecule has 41 heavy (non-hydrogen) atoms. The Morgan fingerprint density at radius 2 is 2.00 bits per heavy atom. The number of nitrogens with zero attached hydrogens (tertiary/aromatic N) is 6. The maximum Gasteiger partial charge on any atom is 0.290 e. The average molecular weight is 556 g/mol. The normalized spacial score (nSPS) is 13.4. The Balaban J connectivity index is 0.00000124. The number of fused-ring (bicyclic) bond motifs is 3. The molecule has 2 aliphatic rings. The third kappa shape index (κ3) is 5.77. The summed E-state index contributed by atoms with van der Waals surface area (Å²) in [5, 5.41) is 19.1. The maximum absolute atomic E-state index is 15.1. The van der Waals surface area contributed by atoms with Gasteiger partial charge in [-0.3, -0.25) is 14.6 Å². The van der Waals surface area contributed by atoms with Crippen molar-refractivity contribution in [3.63, 3.8) is 0 Å². The van der Waals surface area contributed by atoms with Crippen molar-refractivity contribution >= 4 is 47.3 Å². The van der Waals surface area contributed by atoms with Gasteiger partial charge in [-0.2, -0.15) is 10.2 Å². The van der Waals surface area contributed by atoms with E-state index in [1.807, 2.05) is 32.0 Å². The van der Waals surface area contributed by atoms with E-state index in [4.69, 9.17) is 19.9 Å². The summed E-state index contributed by atoms with van der Waals surface area (Å²) in [6.45, 7) is 6.45. The van der Waals surface area contributed by atoms with E-state index in [1.54, 1.807) is 50.4 Å². The summed E-state index contributed by atoms with van der Waals surface area (Å²) >= 11 is 0. The number of carbonyl (C=O) groups excluding carboxylic acids is 1. The van der Waals surface area contributed by atoms with Gasteiger partial charge < -0.3 is 20.2 Å². The lowest BCUT2D eigenvalue weighted by Crippen LogP contribution is -2.33. The molecule has 3 aromatic rings. The van der Waals surface area contributed by atoms with Crippen molar-refractivity contribution in [3.05, 3.63) is 76.2 Å². The van der Waals surface area contributed by atoms with E-state index in [0.717, 1.165) is 28.4 Å². The highest BCUT2D eigenvalue weighted by Crippen LogP contribution is 2.37. The van der Waals surface area contributed by atoms with Gasteiger partial charge in [0, 0.05) is 43.5 Å². The van der Waals surface area contributed by atoms with Crippen LogP contribution in [0.1, 0.15) is 46.5 Å². The molecule has 0 radical (unpaired) electrons. The number of aliphatic imine (C=N–C) groups is 1. The first-order valence-corrected chi connectivity index (χ1v) is 12.8. The molecule has 11 heteroatoms. The average Bonchev–Trinajstić information content (AvgIpc) is 3.45. The van der Waals surface area contributed by atoms with Crippen LogP contribution in [-0.2, 0) is 10.2 Å². The summed E-state index contributed by atoms with van der Waals surface area (Å²) in [5.41, 5.74) is 3.51. The SMILES string of the molecule is Cc1cc(F)c(NC(=O)c2cccc(C(C)(C)C#N)c2)cc1C1=Cc2cnc(N(C)C)nc2N2CCN=C12.O=CO. The highest BCUT2D eigenvalue weighted by molar-refractivity contribution is 6.36. The summed E-state index contributed by atoms with van der Waals surface area (Å²) in [7, 11) is 3.78. The first kappa shape index (κ1) is 28.9. The summed E-state index contributed by atoms with van der Waals surface area (Å²) in [6, 6.07) is 12.1. The van der Waals surface area contributed by atoms with Gasteiger partial charge in [-0.1, -0.05) is 12.1 Å². The van der Waals surface area contributed by atoms with Crippen molar-refractivity contribution in [1.29, 1.82) is 5.26 Å². The number of halogens is 1. The number of aryl methyl sites for hydroxylation is 1. The third-order valence-corrected chi connectivity index (χ3v) is 6.80. The van der Waals surface area contributed by atoms with Gasteiger partial charge in [-0.05, 0) is 67.8 Å². The van der Waals surface area contributed by atoms with E-state index in [2.05, 4.69) is 21.3 Å². The lowest BCUT2D eigenvalue weighted by molar-refractivity contribution is -0.122. The molecule has 1 aromatic heterocycles. The molecule has 210 valence electrons. The van der Waals surface area contributed by atoms with Gasteiger partial charge in [0.1, 0.15) is 17.5 Å². The molecule has 5 rings (SSSR count). The fourth-order valence-corrected chi connectivity index (χ4v) is 4.58. The molecule has 2 aromatic carbocycles. The topological polar surface area (TPSA) is 135 Å². The molecular weight excluding hydrogens is 525 g/mol. The standard InChI is InChI=1S/C29H28FN7O.CH2O2/c1-17-11-23(30)24(34-27(38)18-7-6-8-20(12-18)29(2,3)16-31)14-21(17)22-13-19-15-33-28(36(4)5)35-25(19)37-10-9-32-26(22)37;2-1-3/h6-8,11-15H,9-10H2,1-5H3,(H,34,38);1H,(H,2,3). The van der Waals surface area contributed by atoms with E-state index < -0.39 is 17.1 Å². The molecule has 0 atom stereocenters. The van der Waals surface area contributed by atoms with Gasteiger partial charge in [0.15, 0.2) is 0 Å². The van der Waals surface area contributed by atoms with Crippen LogP contribution in [0.25, 0.3) is 11.6 Å². The molecule has 0 fully saturated rings. The molecule has 2 aliphatic heterocycles. The molecule has 3 heterocycles. The van der Waals surface area contributed by atoms with Crippen LogP contribution in [0.4, 0.5) is 21.8 Å². The van der Waals surface area contributed by atoms with E-state index in [0.29, 0.717) is 35.7 Å². The number of hydrogen-bond donors (Lipinski definition) is 2. The molecule has 2 N–H and O–H groups in total. The molecule has 0 unspecified atom stereocenters. The van der Waals surface area contributed by atoms with Gasteiger partial charge >= 0.3 is 0 Å². The zero-order valence-electron chi connectivity index (χ0n) is 23.4. The molecule has 1 amide bonds. The molecule has 0 spiro atoms. The maximum atomic E-state index is 15.1. The largest absolute Gasteiger partial charge is 0.483 e. The fraction of sp³-hybridized carbons (Fsp3) is 0.267. The van der Waals surface area contributed by atoms with Crippen LogP contribution in [0.3, 0.4) is 0 Å². The van der Waals surface area contributed by atoms with Crippen LogP contribution in [0.5, 0.6) is 0 Å². The van der Waals surface area contributed by atoms with E-state index >= 15 is 4.39 Å². The molecule has 0 saturated heterocycles. The molecule has 10 nitrogen and oxygen atoms in total. The van der Waals surface area contributed by atoms with Crippen LogP contribution in [-0.4, -0.2) is 60.5 Å². The van der Waals surface area contributed by atoms with Crippen LogP contribution in [0.15, 0.2) is 47.6 Å². The summed E-state index contributed by atoms with van der Waals surface area (Å²) in [5.74, 6) is 1.17. The number of amides is 1. The molecule has 0 saturated carbocycles. The van der Waals surface area contributed by atoms with Gasteiger partial charge in [-0.15, -0.1) is 0 Å². The predicted molar refractivity (Wildman–Crippen MR) is 157 cm³/mol. The van der Waals surface area contributed by atoms with Crippen molar-refractivity contribution in [2.75, 3.05) is 42.3 Å². The van der Waals surface area contributed by atoms with E-state index in [1.165, 1.54) is 6.07 Å². The number of carbonyl (C=O) groups is 2. The molecule has 0 aliphatic carbocycles. The van der Waals surface area contributed by atoms with Crippen LogP contribution < -0.4 is 15.1 Å². The van der Waals surface area contributed by atoms with Gasteiger partial charge in [0.05, 0.1) is 23.7 Å². The minimum Gasteiger partial charge on any atom is -0.483 e. The Kier molecular flexibility index (Phi) is 8.14. The highest BCUT2D eigenvalue weighted by atomic mass is 19.1. The number of amidine groups is 1. The number of aromatic nitrogens is 2. The second-order valence-electron chi connectivity index (χ2n) is 10.3. The van der Waals surface area contributed by atoms with Crippen molar-refractivity contribution in [2.45, 2.75) is 26.2 Å². The third-order valence-electron chi connectivity index (χ3n) is 6.80. The summed E-state index contributed by atoms with van der Waals surface area (Å²) in [6.07, 6.45) is 3.75. The van der Waals surface area contributed by atoms with Crippen LogP contribution in [0.2, 0.25) is 0 Å². The molecular formula is C30H30FN7O3. The Morgan fingerprint density at radius 1 is 1.27 bits per heavy atom. The van der Waals surface area contributed by atoms with Crippen molar-refractivity contribution < 1.29 is 19.1 Å². The lowest BCUT2D eigenvalue weighted by Gasteiger charge is -2.28. The van der Waals surface area contributed by atoms with Crippen molar-refractivity contribution in [3.8, 4) is 6.07 Å². The predicted octanol–water partition coefficient (Wildman–Crippen LogP) is 4.52.